The van der Waals surface area contributed by atoms with Gasteiger partial charge in [-0.05, 0) is 37.5 Å². The fraction of sp³-hybridized carbons (Fsp3) is 0.636. The van der Waals surface area contributed by atoms with Gasteiger partial charge in [-0.3, -0.25) is 9.59 Å². The van der Waals surface area contributed by atoms with E-state index in [0.29, 0.717) is 5.92 Å². The molecule has 4 aliphatic carbocycles. The first-order valence-corrected chi connectivity index (χ1v) is 9.51. The third kappa shape index (κ3) is 1.96. The summed E-state index contributed by atoms with van der Waals surface area (Å²) in [4.78, 5) is 25.2. The lowest BCUT2D eigenvalue weighted by Gasteiger charge is -2.47. The molecule has 4 heteroatoms. The highest BCUT2D eigenvalue weighted by Crippen LogP contribution is 2.69. The van der Waals surface area contributed by atoms with Crippen molar-refractivity contribution < 1.29 is 19.1 Å². The maximum Gasteiger partial charge on any atom is 0.310 e. The second kappa shape index (κ2) is 5.58. The summed E-state index contributed by atoms with van der Waals surface area (Å²) in [6.45, 7) is 8.96. The van der Waals surface area contributed by atoms with Crippen LogP contribution in [-0.4, -0.2) is 26.2 Å². The van der Waals surface area contributed by atoms with Gasteiger partial charge < -0.3 is 9.47 Å². The van der Waals surface area contributed by atoms with Crippen molar-refractivity contribution in [2.75, 3.05) is 14.2 Å². The molecule has 4 aliphatic rings. The first-order chi connectivity index (χ1) is 12.3. The number of hydrogen-bond acceptors (Lipinski definition) is 4. The Morgan fingerprint density at radius 3 is 2.12 bits per heavy atom. The summed E-state index contributed by atoms with van der Waals surface area (Å²) in [5, 5.41) is 0. The SMILES string of the molecule is COC(=O)[C@@H]1[C@H](C(=O)OC)[C@H]2C[C@@H]1C1=C2[C@H]2C=C[C@H](C2=C(C)C)C1(C)C. The Labute approximate surface area is 155 Å². The number of carbonyl (C=O) groups excluding carboxylic acids is 2. The van der Waals surface area contributed by atoms with E-state index in [9.17, 15) is 9.59 Å². The maximum absolute atomic E-state index is 12.6. The van der Waals surface area contributed by atoms with E-state index >= 15 is 0 Å². The van der Waals surface area contributed by atoms with Gasteiger partial charge in [0.05, 0.1) is 26.1 Å². The number of rotatable bonds is 2. The number of allylic oxidation sites excluding steroid dienone is 6. The van der Waals surface area contributed by atoms with Crippen LogP contribution in [0.25, 0.3) is 0 Å². The first-order valence-electron chi connectivity index (χ1n) is 9.51. The van der Waals surface area contributed by atoms with Crippen LogP contribution in [0, 0.1) is 40.9 Å². The van der Waals surface area contributed by atoms with E-state index in [0.717, 1.165) is 6.42 Å². The molecule has 4 nitrogen and oxygen atoms in total. The molecule has 0 aromatic heterocycles. The lowest BCUT2D eigenvalue weighted by Crippen LogP contribution is -2.44. The molecule has 0 N–H and O–H groups in total. The number of methoxy groups -OCH3 is 2. The van der Waals surface area contributed by atoms with Crippen molar-refractivity contribution in [3.63, 3.8) is 0 Å². The monoisotopic (exact) mass is 356 g/mol. The molecule has 1 saturated carbocycles. The van der Waals surface area contributed by atoms with Gasteiger partial charge in [0.25, 0.3) is 0 Å². The van der Waals surface area contributed by atoms with Gasteiger partial charge in [0, 0.05) is 11.8 Å². The van der Waals surface area contributed by atoms with Gasteiger partial charge in [-0.2, -0.15) is 0 Å². The quantitative estimate of drug-likeness (QED) is 0.559. The second-order valence-corrected chi connectivity index (χ2v) is 8.93. The molecule has 0 heterocycles. The third-order valence-electron chi connectivity index (χ3n) is 7.34. The summed E-state index contributed by atoms with van der Waals surface area (Å²) >= 11 is 0. The van der Waals surface area contributed by atoms with E-state index in [1.54, 1.807) is 0 Å². The molecule has 6 atom stereocenters. The van der Waals surface area contributed by atoms with Gasteiger partial charge in [0.15, 0.2) is 0 Å². The molecule has 140 valence electrons. The summed E-state index contributed by atoms with van der Waals surface area (Å²) in [5.41, 5.74) is 5.60. The number of hydrogen-bond donors (Lipinski definition) is 0. The number of fused-ring (bicyclic) bond motifs is 7. The van der Waals surface area contributed by atoms with Gasteiger partial charge in [0.1, 0.15) is 0 Å². The Hall–Kier alpha value is -1.84. The average Bonchev–Trinajstić information content (AvgIpc) is 3.28. The Morgan fingerprint density at radius 2 is 1.58 bits per heavy atom. The van der Waals surface area contributed by atoms with Crippen LogP contribution in [0.4, 0.5) is 0 Å². The Balaban J connectivity index is 1.90. The van der Waals surface area contributed by atoms with Crippen LogP contribution in [-0.2, 0) is 19.1 Å². The van der Waals surface area contributed by atoms with Crippen LogP contribution < -0.4 is 0 Å². The molecule has 0 aromatic carbocycles. The zero-order valence-electron chi connectivity index (χ0n) is 16.5. The van der Waals surface area contributed by atoms with E-state index in [-0.39, 0.29) is 35.1 Å². The summed E-state index contributed by atoms with van der Waals surface area (Å²) in [6.07, 6.45) is 5.52. The minimum Gasteiger partial charge on any atom is -0.469 e. The smallest absolute Gasteiger partial charge is 0.310 e. The molecule has 0 amide bonds. The molecule has 1 fully saturated rings. The Kier molecular flexibility index (Phi) is 3.77. The second-order valence-electron chi connectivity index (χ2n) is 8.93. The van der Waals surface area contributed by atoms with Gasteiger partial charge >= 0.3 is 11.9 Å². The molecular weight excluding hydrogens is 328 g/mol. The zero-order chi connectivity index (χ0) is 19.0. The molecule has 26 heavy (non-hydrogen) atoms. The van der Waals surface area contributed by atoms with E-state index in [2.05, 4.69) is 39.8 Å². The van der Waals surface area contributed by atoms with Gasteiger partial charge in [0.2, 0.25) is 0 Å². The minimum absolute atomic E-state index is 0.0434. The molecule has 0 aromatic rings. The van der Waals surface area contributed by atoms with Crippen molar-refractivity contribution in [1.82, 2.24) is 0 Å². The molecule has 0 spiro atoms. The lowest BCUT2D eigenvalue weighted by atomic mass is 9.56. The van der Waals surface area contributed by atoms with Crippen molar-refractivity contribution in [2.45, 2.75) is 34.1 Å². The highest BCUT2D eigenvalue weighted by molar-refractivity contribution is 5.85. The van der Waals surface area contributed by atoms with Crippen LogP contribution in [0.15, 0.2) is 34.4 Å². The van der Waals surface area contributed by atoms with Gasteiger partial charge in [-0.15, -0.1) is 0 Å². The fourth-order valence-electron chi connectivity index (χ4n) is 6.55. The molecule has 4 bridgehead atoms. The van der Waals surface area contributed by atoms with E-state index in [4.69, 9.17) is 9.47 Å². The lowest BCUT2D eigenvalue weighted by molar-refractivity contribution is -0.158. The summed E-state index contributed by atoms with van der Waals surface area (Å²) < 4.78 is 10.2. The maximum atomic E-state index is 12.6. The van der Waals surface area contributed by atoms with Crippen LogP contribution >= 0.6 is 0 Å². The molecule has 0 aliphatic heterocycles. The van der Waals surface area contributed by atoms with E-state index in [1.165, 1.54) is 36.5 Å². The Bertz CT molecular complexity index is 778. The molecule has 0 saturated heterocycles. The first kappa shape index (κ1) is 17.6. The number of carbonyl (C=O) groups is 2. The van der Waals surface area contributed by atoms with Crippen molar-refractivity contribution in [3.05, 3.63) is 34.4 Å². The van der Waals surface area contributed by atoms with Crippen LogP contribution in [0.2, 0.25) is 0 Å². The fourth-order valence-corrected chi connectivity index (χ4v) is 6.55. The third-order valence-corrected chi connectivity index (χ3v) is 7.34. The standard InChI is InChI=1S/C22H28O4/c1-10(2)15-11-7-8-14(15)22(3,4)19-13-9-12(16(11)19)17(20(23)25-5)18(13)21(24)26-6/h7-8,11-14,17-18H,9H2,1-6H3/t11-,12-,13-,14+,17+,18-/m0/s1. The highest BCUT2D eigenvalue weighted by atomic mass is 16.5. The predicted molar refractivity (Wildman–Crippen MR) is 97.9 cm³/mol. The van der Waals surface area contributed by atoms with E-state index < -0.39 is 11.8 Å². The van der Waals surface area contributed by atoms with Crippen LogP contribution in [0.1, 0.15) is 34.1 Å². The zero-order valence-corrected chi connectivity index (χ0v) is 16.5. The number of ether oxygens (including phenoxy) is 2. The molecule has 0 radical (unpaired) electrons. The van der Waals surface area contributed by atoms with Gasteiger partial charge in [-0.25, -0.2) is 0 Å². The van der Waals surface area contributed by atoms with Crippen LogP contribution in [0.5, 0.6) is 0 Å². The van der Waals surface area contributed by atoms with Crippen LogP contribution in [0.3, 0.4) is 0 Å². The molecular formula is C22H28O4. The predicted octanol–water partition coefficient (Wildman–Crippen LogP) is 3.69. The largest absolute Gasteiger partial charge is 0.469 e. The number of esters is 2. The van der Waals surface area contributed by atoms with Gasteiger partial charge in [-0.1, -0.05) is 48.3 Å². The van der Waals surface area contributed by atoms with Crippen molar-refractivity contribution >= 4 is 11.9 Å². The normalized spacial score (nSPS) is 38.5. The van der Waals surface area contributed by atoms with Crippen molar-refractivity contribution in [1.29, 1.82) is 0 Å². The topological polar surface area (TPSA) is 52.6 Å². The molecule has 0 unspecified atom stereocenters. The molecule has 4 rings (SSSR count). The van der Waals surface area contributed by atoms with Crippen molar-refractivity contribution in [2.24, 2.45) is 40.9 Å². The van der Waals surface area contributed by atoms with Crippen molar-refractivity contribution in [3.8, 4) is 0 Å². The van der Waals surface area contributed by atoms with E-state index in [1.807, 2.05) is 0 Å². The highest BCUT2D eigenvalue weighted by Gasteiger charge is 2.64. The summed E-state index contributed by atoms with van der Waals surface area (Å²) in [5.74, 6) is -0.555. The minimum atomic E-state index is -0.420. The summed E-state index contributed by atoms with van der Waals surface area (Å²) in [6, 6.07) is 0. The Morgan fingerprint density at radius 1 is 1.00 bits per heavy atom. The average molecular weight is 356 g/mol. The summed E-state index contributed by atoms with van der Waals surface area (Å²) in [7, 11) is 2.83.